The van der Waals surface area contributed by atoms with Crippen molar-refractivity contribution < 1.29 is 41.8 Å². The van der Waals surface area contributed by atoms with Gasteiger partial charge >= 0.3 is 12.0 Å². The lowest BCUT2D eigenvalue weighted by molar-refractivity contribution is -0.138. The summed E-state index contributed by atoms with van der Waals surface area (Å²) >= 11 is 0. The summed E-state index contributed by atoms with van der Waals surface area (Å²) in [6.07, 6.45) is -2.29. The highest BCUT2D eigenvalue weighted by Gasteiger charge is 2.44. The summed E-state index contributed by atoms with van der Waals surface area (Å²) in [6, 6.07) is 9.57. The number of halogens is 4. The van der Waals surface area contributed by atoms with Crippen LogP contribution in [0.2, 0.25) is 0 Å². The first-order valence-electron chi connectivity index (χ1n) is 11.9. The zero-order valence-electron chi connectivity index (χ0n) is 20.6. The van der Waals surface area contributed by atoms with Crippen LogP contribution in [-0.4, -0.2) is 58.0 Å². The first-order chi connectivity index (χ1) is 19.0. The normalized spacial score (nSPS) is 15.4. The van der Waals surface area contributed by atoms with Crippen LogP contribution in [0.25, 0.3) is 0 Å². The molecule has 0 aromatic heterocycles. The number of hydrogen-bond donors (Lipinski definition) is 3. The van der Waals surface area contributed by atoms with Gasteiger partial charge in [0.2, 0.25) is 0 Å². The predicted molar refractivity (Wildman–Crippen MR) is 133 cm³/mol. The number of nitrogens with zero attached hydrogens (tertiary/aromatic N) is 2. The molecule has 1 heterocycles. The largest absolute Gasteiger partial charge is 0.481 e. The van der Waals surface area contributed by atoms with E-state index >= 15 is 0 Å². The van der Waals surface area contributed by atoms with Gasteiger partial charge in [0.15, 0.2) is 6.17 Å². The number of amides is 4. The maximum atomic E-state index is 14.2. The summed E-state index contributed by atoms with van der Waals surface area (Å²) in [4.78, 5) is 53.4. The minimum Gasteiger partial charge on any atom is -0.481 e. The fourth-order valence-electron chi connectivity index (χ4n) is 4.27. The maximum absolute atomic E-state index is 14.2. The first-order valence-corrected chi connectivity index (χ1v) is 11.9. The number of carboxylic acids is 1. The highest BCUT2D eigenvalue weighted by molar-refractivity contribution is 6.00. The summed E-state index contributed by atoms with van der Waals surface area (Å²) in [6.45, 7) is -0.402. The van der Waals surface area contributed by atoms with Crippen LogP contribution in [0.1, 0.15) is 28.4 Å². The number of hydrogen-bond acceptors (Lipinski definition) is 4. The van der Waals surface area contributed by atoms with Gasteiger partial charge in [-0.05, 0) is 48.0 Å². The molecule has 1 aliphatic heterocycles. The highest BCUT2D eigenvalue weighted by Crippen LogP contribution is 2.24. The Morgan fingerprint density at radius 3 is 2.15 bits per heavy atom. The molecular weight excluding hydrogens is 536 g/mol. The maximum Gasteiger partial charge on any atom is 0.324 e. The van der Waals surface area contributed by atoms with E-state index < -0.39 is 71.4 Å². The molecule has 1 saturated heterocycles. The summed E-state index contributed by atoms with van der Waals surface area (Å²) in [5.74, 6) is -6.36. The predicted octanol–water partition coefficient (Wildman–Crippen LogP) is 3.89. The van der Waals surface area contributed by atoms with E-state index in [-0.39, 0.29) is 24.2 Å². The molecule has 0 saturated carbocycles. The van der Waals surface area contributed by atoms with Gasteiger partial charge in [-0.3, -0.25) is 19.3 Å². The second-order valence-electron chi connectivity index (χ2n) is 8.84. The second kappa shape index (κ2) is 11.8. The average Bonchev–Trinajstić information content (AvgIpc) is 3.35. The molecule has 2 unspecified atom stereocenters. The number of carboxylic acid groups (broad SMARTS) is 1. The van der Waals surface area contributed by atoms with Crippen molar-refractivity contribution in [1.29, 1.82) is 0 Å². The van der Waals surface area contributed by atoms with E-state index in [1.807, 2.05) is 0 Å². The number of rotatable bonds is 7. The van der Waals surface area contributed by atoms with Crippen LogP contribution in [0.3, 0.4) is 0 Å². The summed E-state index contributed by atoms with van der Waals surface area (Å²) < 4.78 is 54.8. The van der Waals surface area contributed by atoms with Crippen molar-refractivity contribution in [2.45, 2.75) is 18.6 Å². The van der Waals surface area contributed by atoms with Gasteiger partial charge in [-0.15, -0.1) is 0 Å². The Morgan fingerprint density at radius 2 is 1.50 bits per heavy atom. The zero-order chi connectivity index (χ0) is 29.0. The number of carbonyl (C=O) groups is 4. The van der Waals surface area contributed by atoms with Gasteiger partial charge in [0.05, 0.1) is 18.2 Å². The van der Waals surface area contributed by atoms with Crippen LogP contribution in [0.15, 0.2) is 66.7 Å². The molecule has 0 bridgehead atoms. The summed E-state index contributed by atoms with van der Waals surface area (Å²) in [5.41, 5.74) is -0.275. The van der Waals surface area contributed by atoms with Crippen LogP contribution >= 0.6 is 0 Å². The van der Waals surface area contributed by atoms with Crippen LogP contribution in [-0.2, 0) is 9.59 Å². The number of anilines is 1. The number of benzene rings is 3. The third-order valence-corrected chi connectivity index (χ3v) is 6.14. The fraction of sp³-hybridized carbons (Fsp3) is 0.185. The van der Waals surface area contributed by atoms with Gasteiger partial charge in [0, 0.05) is 24.7 Å². The van der Waals surface area contributed by atoms with Crippen molar-refractivity contribution in [1.82, 2.24) is 15.1 Å². The van der Waals surface area contributed by atoms with Gasteiger partial charge in [0.25, 0.3) is 11.8 Å². The lowest BCUT2D eigenvalue weighted by Crippen LogP contribution is -2.55. The minimum atomic E-state index is -1.67. The van der Waals surface area contributed by atoms with Crippen molar-refractivity contribution in [2.75, 3.05) is 18.4 Å². The topological polar surface area (TPSA) is 119 Å². The van der Waals surface area contributed by atoms with Crippen molar-refractivity contribution in [3.8, 4) is 0 Å². The standard InChI is InChI=1S/C27H22F4N4O5/c28-17-6-4-15(5-7-17)22(14-23(36)37)32-24(38)25-34(26(39)16-2-1-3-18(29)12-16)10-11-35(25)27(40)33-21-9-8-19(30)13-20(21)31/h1-9,12-13,22,25H,10-11,14H2,(H,32,38)(H,33,40)(H,36,37). The molecule has 40 heavy (non-hydrogen) atoms. The molecule has 4 rings (SSSR count). The second-order valence-corrected chi connectivity index (χ2v) is 8.84. The molecule has 0 aliphatic carbocycles. The number of nitrogens with one attached hydrogen (secondary N) is 2. The molecule has 1 fully saturated rings. The Balaban J connectivity index is 1.66. The van der Waals surface area contributed by atoms with E-state index in [2.05, 4.69) is 10.6 Å². The Hall–Kier alpha value is -4.94. The van der Waals surface area contributed by atoms with E-state index in [9.17, 15) is 41.8 Å². The molecule has 2 atom stereocenters. The zero-order valence-corrected chi connectivity index (χ0v) is 20.6. The summed E-state index contributed by atoms with van der Waals surface area (Å²) in [5, 5.41) is 14.1. The molecule has 1 aliphatic rings. The van der Waals surface area contributed by atoms with Gasteiger partial charge < -0.3 is 20.6 Å². The van der Waals surface area contributed by atoms with Crippen LogP contribution in [0, 0.1) is 23.3 Å². The van der Waals surface area contributed by atoms with E-state index in [1.54, 1.807) is 0 Å². The molecule has 0 spiro atoms. The van der Waals surface area contributed by atoms with Crippen molar-refractivity contribution in [3.63, 3.8) is 0 Å². The fourth-order valence-corrected chi connectivity index (χ4v) is 4.27. The minimum absolute atomic E-state index is 0.120. The van der Waals surface area contributed by atoms with Gasteiger partial charge in [-0.25, -0.2) is 22.4 Å². The first kappa shape index (κ1) is 28.1. The third-order valence-electron chi connectivity index (χ3n) is 6.14. The molecule has 3 N–H and O–H groups in total. The van der Waals surface area contributed by atoms with E-state index in [0.717, 1.165) is 46.2 Å². The Kier molecular flexibility index (Phi) is 8.31. The molecule has 9 nitrogen and oxygen atoms in total. The third kappa shape index (κ3) is 6.37. The Morgan fingerprint density at radius 1 is 0.850 bits per heavy atom. The van der Waals surface area contributed by atoms with Crippen molar-refractivity contribution >= 4 is 29.5 Å². The van der Waals surface area contributed by atoms with Gasteiger partial charge in [-0.2, -0.15) is 0 Å². The van der Waals surface area contributed by atoms with Gasteiger partial charge in [0.1, 0.15) is 23.3 Å². The molecular formula is C27H22F4N4O5. The molecule has 4 amide bonds. The molecule has 13 heteroatoms. The van der Waals surface area contributed by atoms with Crippen molar-refractivity contribution in [3.05, 3.63) is 101 Å². The number of aliphatic carboxylic acids is 1. The molecule has 3 aromatic rings. The quantitative estimate of drug-likeness (QED) is 0.381. The smallest absolute Gasteiger partial charge is 0.324 e. The molecule has 3 aromatic carbocycles. The molecule has 208 valence electrons. The number of urea groups is 1. The van der Waals surface area contributed by atoms with E-state index in [1.165, 1.54) is 24.3 Å². The van der Waals surface area contributed by atoms with Gasteiger partial charge in [-0.1, -0.05) is 18.2 Å². The SMILES string of the molecule is O=C(O)CC(NC(=O)C1N(C(=O)Nc2ccc(F)cc2F)CCN1C(=O)c1cccc(F)c1)c1ccc(F)cc1. The number of carbonyl (C=O) groups excluding carboxylic acids is 3. The monoisotopic (exact) mass is 558 g/mol. The lowest BCUT2D eigenvalue weighted by Gasteiger charge is -2.31. The summed E-state index contributed by atoms with van der Waals surface area (Å²) in [7, 11) is 0. The Labute approximate surface area is 225 Å². The van der Waals surface area contributed by atoms with Crippen LogP contribution in [0.5, 0.6) is 0 Å². The van der Waals surface area contributed by atoms with E-state index in [0.29, 0.717) is 6.07 Å². The van der Waals surface area contributed by atoms with E-state index in [4.69, 9.17) is 0 Å². The lowest BCUT2D eigenvalue weighted by atomic mass is 10.0. The Bertz CT molecular complexity index is 1450. The average molecular weight is 558 g/mol. The van der Waals surface area contributed by atoms with Crippen LogP contribution in [0.4, 0.5) is 28.0 Å². The van der Waals surface area contributed by atoms with Crippen molar-refractivity contribution in [2.24, 2.45) is 0 Å². The highest BCUT2D eigenvalue weighted by atomic mass is 19.1. The molecule has 0 radical (unpaired) electrons. The van der Waals surface area contributed by atoms with Crippen LogP contribution < -0.4 is 10.6 Å².